The molecule has 0 radical (unpaired) electrons. The summed E-state index contributed by atoms with van der Waals surface area (Å²) in [7, 11) is 0. The van der Waals surface area contributed by atoms with Gasteiger partial charge in [0.2, 0.25) is 0 Å². The topological polar surface area (TPSA) is 26.3 Å². The van der Waals surface area contributed by atoms with Crippen LogP contribution < -0.4 is 0 Å². The second-order valence-corrected chi connectivity index (χ2v) is 4.74. The number of cyclic esters (lactones) is 1. The van der Waals surface area contributed by atoms with Gasteiger partial charge in [0.25, 0.3) is 0 Å². The second kappa shape index (κ2) is 4.12. The van der Waals surface area contributed by atoms with Gasteiger partial charge in [-0.2, -0.15) is 0 Å². The maximum atomic E-state index is 11.7. The van der Waals surface area contributed by atoms with Gasteiger partial charge in [-0.1, -0.05) is 44.2 Å². The molecule has 0 saturated carbocycles. The Balaban J connectivity index is 2.37. The Kier molecular flexibility index (Phi) is 2.82. The highest BCUT2D eigenvalue weighted by Gasteiger charge is 2.33. The Morgan fingerprint density at radius 3 is 2.56 bits per heavy atom. The lowest BCUT2D eigenvalue weighted by molar-refractivity contribution is -0.144. The van der Waals surface area contributed by atoms with Crippen LogP contribution in [0.5, 0.6) is 0 Å². The van der Waals surface area contributed by atoms with Crippen LogP contribution in [0.1, 0.15) is 25.8 Å². The first-order valence-electron chi connectivity index (χ1n) is 5.54. The molecule has 2 nitrogen and oxygen atoms in total. The number of carbonyl (C=O) groups is 1. The molecule has 2 rings (SSSR count). The van der Waals surface area contributed by atoms with Crippen LogP contribution in [0.25, 0.3) is 6.08 Å². The van der Waals surface area contributed by atoms with E-state index in [9.17, 15) is 4.79 Å². The molecule has 84 valence electrons. The smallest absolute Gasteiger partial charge is 0.334 e. The van der Waals surface area contributed by atoms with Crippen molar-refractivity contribution in [2.24, 2.45) is 5.41 Å². The molecular formula is C14H16O2. The minimum Gasteiger partial charge on any atom is -0.462 e. The Bertz CT molecular complexity index is 416. The molecule has 0 spiro atoms. The van der Waals surface area contributed by atoms with Gasteiger partial charge in [0.05, 0.1) is 6.61 Å². The summed E-state index contributed by atoms with van der Waals surface area (Å²) in [6.07, 6.45) is 2.82. The van der Waals surface area contributed by atoms with Crippen LogP contribution in [0.2, 0.25) is 0 Å². The zero-order valence-corrected chi connectivity index (χ0v) is 9.69. The van der Waals surface area contributed by atoms with Crippen molar-refractivity contribution in [1.29, 1.82) is 0 Å². The van der Waals surface area contributed by atoms with E-state index in [1.807, 2.05) is 36.4 Å². The lowest BCUT2D eigenvalue weighted by atomic mass is 9.79. The number of rotatable bonds is 1. The molecule has 0 unspecified atom stereocenters. The number of carbonyl (C=O) groups excluding carboxylic acids is 1. The monoisotopic (exact) mass is 216 g/mol. The molecule has 0 amide bonds. The minimum absolute atomic E-state index is 0.0921. The molecule has 1 aromatic carbocycles. The number of esters is 1. The average Bonchev–Trinajstić information content (AvgIpc) is 2.25. The van der Waals surface area contributed by atoms with Crippen LogP contribution in [0.3, 0.4) is 0 Å². The van der Waals surface area contributed by atoms with E-state index in [2.05, 4.69) is 13.8 Å². The zero-order chi connectivity index (χ0) is 11.6. The summed E-state index contributed by atoms with van der Waals surface area (Å²) in [5.41, 5.74) is 1.72. The third-order valence-corrected chi connectivity index (χ3v) is 3.02. The van der Waals surface area contributed by atoms with Crippen molar-refractivity contribution in [1.82, 2.24) is 0 Å². The van der Waals surface area contributed by atoms with E-state index < -0.39 is 0 Å². The maximum Gasteiger partial charge on any atom is 0.334 e. The van der Waals surface area contributed by atoms with E-state index in [4.69, 9.17) is 4.74 Å². The fourth-order valence-electron chi connectivity index (χ4n) is 1.86. The number of hydrogen-bond donors (Lipinski definition) is 0. The molecule has 0 bridgehead atoms. The molecular weight excluding hydrogens is 200 g/mol. The molecule has 1 saturated heterocycles. The van der Waals surface area contributed by atoms with Crippen LogP contribution in [0, 0.1) is 5.41 Å². The molecule has 1 aliphatic heterocycles. The Morgan fingerprint density at radius 2 is 1.94 bits per heavy atom. The van der Waals surface area contributed by atoms with E-state index in [1.165, 1.54) is 0 Å². The second-order valence-electron chi connectivity index (χ2n) is 4.74. The van der Waals surface area contributed by atoms with Crippen molar-refractivity contribution in [3.05, 3.63) is 41.5 Å². The number of hydrogen-bond acceptors (Lipinski definition) is 2. The first kappa shape index (κ1) is 10.9. The Morgan fingerprint density at radius 1 is 1.25 bits per heavy atom. The predicted molar refractivity (Wildman–Crippen MR) is 63.8 cm³/mol. The summed E-state index contributed by atoms with van der Waals surface area (Å²) in [5.74, 6) is -0.180. The van der Waals surface area contributed by atoms with Gasteiger partial charge < -0.3 is 4.74 Å². The summed E-state index contributed by atoms with van der Waals surface area (Å²) in [5, 5.41) is 0. The van der Waals surface area contributed by atoms with E-state index in [1.54, 1.807) is 0 Å². The fraction of sp³-hybridized carbons (Fsp3) is 0.357. The summed E-state index contributed by atoms with van der Waals surface area (Å²) < 4.78 is 5.09. The summed E-state index contributed by atoms with van der Waals surface area (Å²) >= 11 is 0. The summed E-state index contributed by atoms with van der Waals surface area (Å²) in [6.45, 7) is 4.70. The lowest BCUT2D eigenvalue weighted by Crippen LogP contribution is -2.30. The first-order chi connectivity index (χ1) is 7.59. The molecule has 2 heteroatoms. The SMILES string of the molecule is CC1(C)CCOC(=O)/C1=C/c1ccccc1. The zero-order valence-electron chi connectivity index (χ0n) is 9.69. The van der Waals surface area contributed by atoms with Crippen LogP contribution in [0.4, 0.5) is 0 Å². The highest BCUT2D eigenvalue weighted by molar-refractivity contribution is 5.95. The first-order valence-corrected chi connectivity index (χ1v) is 5.54. The van der Waals surface area contributed by atoms with Crippen LogP contribution in [0.15, 0.2) is 35.9 Å². The van der Waals surface area contributed by atoms with Gasteiger partial charge in [-0.15, -0.1) is 0 Å². The van der Waals surface area contributed by atoms with E-state index in [0.29, 0.717) is 6.61 Å². The van der Waals surface area contributed by atoms with Crippen molar-refractivity contribution in [3.63, 3.8) is 0 Å². The molecule has 16 heavy (non-hydrogen) atoms. The molecule has 1 fully saturated rings. The van der Waals surface area contributed by atoms with E-state index in [-0.39, 0.29) is 11.4 Å². The Hall–Kier alpha value is -1.57. The van der Waals surface area contributed by atoms with Gasteiger partial charge in [-0.25, -0.2) is 4.79 Å². The van der Waals surface area contributed by atoms with Gasteiger partial charge in [-0.3, -0.25) is 0 Å². The third kappa shape index (κ3) is 2.16. The summed E-state index contributed by atoms with van der Waals surface area (Å²) in [6, 6.07) is 9.88. The number of benzene rings is 1. The van der Waals surface area contributed by atoms with Gasteiger partial charge in [0.1, 0.15) is 0 Å². The highest BCUT2D eigenvalue weighted by atomic mass is 16.5. The molecule has 0 atom stereocenters. The quantitative estimate of drug-likeness (QED) is 0.532. The summed E-state index contributed by atoms with van der Waals surface area (Å²) in [4.78, 5) is 11.7. The molecule has 0 aliphatic carbocycles. The minimum atomic E-state index is -0.180. The average molecular weight is 216 g/mol. The van der Waals surface area contributed by atoms with E-state index in [0.717, 1.165) is 17.6 Å². The fourth-order valence-corrected chi connectivity index (χ4v) is 1.86. The highest BCUT2D eigenvalue weighted by Crippen LogP contribution is 2.35. The van der Waals surface area contributed by atoms with Crippen molar-refractivity contribution < 1.29 is 9.53 Å². The van der Waals surface area contributed by atoms with Crippen LogP contribution in [-0.4, -0.2) is 12.6 Å². The van der Waals surface area contributed by atoms with Crippen molar-refractivity contribution in [2.45, 2.75) is 20.3 Å². The lowest BCUT2D eigenvalue weighted by Gasteiger charge is -2.31. The third-order valence-electron chi connectivity index (χ3n) is 3.02. The van der Waals surface area contributed by atoms with Crippen molar-refractivity contribution in [3.8, 4) is 0 Å². The molecule has 0 aromatic heterocycles. The van der Waals surface area contributed by atoms with Gasteiger partial charge >= 0.3 is 5.97 Å². The normalized spacial score (nSPS) is 21.9. The van der Waals surface area contributed by atoms with Crippen molar-refractivity contribution in [2.75, 3.05) is 6.61 Å². The molecule has 0 N–H and O–H groups in total. The molecule has 1 aliphatic rings. The molecule has 1 aromatic rings. The Labute approximate surface area is 95.9 Å². The van der Waals surface area contributed by atoms with Crippen LogP contribution in [-0.2, 0) is 9.53 Å². The van der Waals surface area contributed by atoms with Gasteiger partial charge in [-0.05, 0) is 18.1 Å². The standard InChI is InChI=1S/C14H16O2/c1-14(2)8-9-16-13(15)12(14)10-11-6-4-3-5-7-11/h3-7,10H,8-9H2,1-2H3/b12-10-. The van der Waals surface area contributed by atoms with E-state index >= 15 is 0 Å². The van der Waals surface area contributed by atoms with Gasteiger partial charge in [0, 0.05) is 11.0 Å². The molecule has 1 heterocycles. The van der Waals surface area contributed by atoms with Crippen LogP contribution >= 0.6 is 0 Å². The maximum absolute atomic E-state index is 11.7. The predicted octanol–water partition coefficient (Wildman–Crippen LogP) is 3.04. The van der Waals surface area contributed by atoms with Gasteiger partial charge in [0.15, 0.2) is 0 Å². The van der Waals surface area contributed by atoms with Crippen molar-refractivity contribution >= 4 is 12.0 Å². The largest absolute Gasteiger partial charge is 0.462 e. The number of ether oxygens (including phenoxy) is 1.